The van der Waals surface area contributed by atoms with E-state index in [1.807, 2.05) is 4.90 Å². The maximum Gasteiger partial charge on any atom is 0.254 e. The van der Waals surface area contributed by atoms with Crippen molar-refractivity contribution in [1.29, 1.82) is 0 Å². The number of rotatable bonds is 2. The average molecular weight is 278 g/mol. The fourth-order valence-electron chi connectivity index (χ4n) is 2.91. The lowest BCUT2D eigenvalue weighted by Crippen LogP contribution is -2.32. The van der Waals surface area contributed by atoms with Crippen LogP contribution in [0.4, 0.5) is 10.1 Å². The second kappa shape index (κ2) is 6.25. The third kappa shape index (κ3) is 3.50. The molecule has 1 aliphatic rings. The first-order valence-corrected chi connectivity index (χ1v) is 7.32. The van der Waals surface area contributed by atoms with Crippen LogP contribution in [0.15, 0.2) is 18.2 Å². The van der Waals surface area contributed by atoms with Crippen molar-refractivity contribution in [3.63, 3.8) is 0 Å². The van der Waals surface area contributed by atoms with Crippen molar-refractivity contribution < 1.29 is 9.18 Å². The first kappa shape index (κ1) is 14.8. The van der Waals surface area contributed by atoms with E-state index >= 15 is 0 Å². The van der Waals surface area contributed by atoms with Gasteiger partial charge in [-0.2, -0.15) is 0 Å². The number of hydrogen-bond acceptors (Lipinski definition) is 2. The van der Waals surface area contributed by atoms with E-state index in [1.165, 1.54) is 12.1 Å². The Morgan fingerprint density at radius 2 is 2.05 bits per heavy atom. The van der Waals surface area contributed by atoms with Crippen LogP contribution in [0.3, 0.4) is 0 Å². The van der Waals surface area contributed by atoms with Crippen molar-refractivity contribution >= 4 is 11.6 Å². The summed E-state index contributed by atoms with van der Waals surface area (Å²) in [7, 11) is 0. The summed E-state index contributed by atoms with van der Waals surface area (Å²) >= 11 is 0. The molecule has 1 fully saturated rings. The van der Waals surface area contributed by atoms with Gasteiger partial charge in [0.1, 0.15) is 5.82 Å². The lowest BCUT2D eigenvalue weighted by molar-refractivity contribution is 0.0758. The van der Waals surface area contributed by atoms with Crippen molar-refractivity contribution in [1.82, 2.24) is 4.90 Å². The zero-order valence-electron chi connectivity index (χ0n) is 12.2. The molecule has 1 unspecified atom stereocenters. The van der Waals surface area contributed by atoms with E-state index in [4.69, 9.17) is 5.73 Å². The zero-order valence-corrected chi connectivity index (χ0v) is 12.2. The normalized spacial score (nSPS) is 20.0. The molecule has 110 valence electrons. The van der Waals surface area contributed by atoms with Crippen LogP contribution in [0.5, 0.6) is 0 Å². The van der Waals surface area contributed by atoms with E-state index in [-0.39, 0.29) is 5.91 Å². The van der Waals surface area contributed by atoms with Crippen molar-refractivity contribution in [2.75, 3.05) is 18.8 Å². The van der Waals surface area contributed by atoms with Gasteiger partial charge < -0.3 is 10.6 Å². The molecule has 2 rings (SSSR count). The van der Waals surface area contributed by atoms with Crippen LogP contribution < -0.4 is 5.73 Å². The molecule has 0 aliphatic carbocycles. The molecule has 2 N–H and O–H groups in total. The van der Waals surface area contributed by atoms with Gasteiger partial charge in [-0.15, -0.1) is 0 Å². The summed E-state index contributed by atoms with van der Waals surface area (Å²) in [6.45, 7) is 5.96. The number of carbonyl (C=O) groups excluding carboxylic acids is 1. The van der Waals surface area contributed by atoms with Gasteiger partial charge in [0.25, 0.3) is 5.91 Å². The lowest BCUT2D eigenvalue weighted by Gasteiger charge is -2.22. The largest absolute Gasteiger partial charge is 0.399 e. The Morgan fingerprint density at radius 3 is 2.70 bits per heavy atom. The van der Waals surface area contributed by atoms with Gasteiger partial charge >= 0.3 is 0 Å². The van der Waals surface area contributed by atoms with Gasteiger partial charge in [0.15, 0.2) is 0 Å². The SMILES string of the molecule is CC(C)C1CCCN(C(=O)c2cc(N)cc(F)c2)CC1. The maximum atomic E-state index is 13.4. The van der Waals surface area contributed by atoms with E-state index < -0.39 is 5.82 Å². The van der Waals surface area contributed by atoms with Gasteiger partial charge in [0.2, 0.25) is 0 Å². The highest BCUT2D eigenvalue weighted by Gasteiger charge is 2.23. The molecule has 1 heterocycles. The second-order valence-corrected chi connectivity index (χ2v) is 6.00. The Morgan fingerprint density at radius 1 is 1.30 bits per heavy atom. The number of nitrogens with two attached hydrogens (primary N) is 1. The number of hydrogen-bond donors (Lipinski definition) is 1. The van der Waals surface area contributed by atoms with Crippen LogP contribution >= 0.6 is 0 Å². The topological polar surface area (TPSA) is 46.3 Å². The molecule has 0 spiro atoms. The number of anilines is 1. The Hall–Kier alpha value is -1.58. The van der Waals surface area contributed by atoms with Gasteiger partial charge in [-0.25, -0.2) is 4.39 Å². The summed E-state index contributed by atoms with van der Waals surface area (Å²) in [4.78, 5) is 14.3. The first-order valence-electron chi connectivity index (χ1n) is 7.32. The van der Waals surface area contributed by atoms with E-state index in [0.717, 1.165) is 32.4 Å². The third-order valence-corrected chi connectivity index (χ3v) is 4.17. The summed E-state index contributed by atoms with van der Waals surface area (Å²) in [5.41, 5.74) is 6.26. The second-order valence-electron chi connectivity index (χ2n) is 6.00. The van der Waals surface area contributed by atoms with Crippen LogP contribution in [-0.2, 0) is 0 Å². The molecule has 1 saturated heterocycles. The predicted octanol–water partition coefficient (Wildman–Crippen LogP) is 3.31. The minimum Gasteiger partial charge on any atom is -0.399 e. The first-order chi connectivity index (χ1) is 9.47. The van der Waals surface area contributed by atoms with Crippen LogP contribution in [0.2, 0.25) is 0 Å². The molecule has 1 atom stereocenters. The Bertz CT molecular complexity index is 467. The fourth-order valence-corrected chi connectivity index (χ4v) is 2.91. The molecule has 0 aromatic heterocycles. The molecule has 3 nitrogen and oxygen atoms in total. The summed E-state index contributed by atoms with van der Waals surface area (Å²) in [6, 6.07) is 4.05. The van der Waals surface area contributed by atoms with E-state index in [2.05, 4.69) is 13.8 Å². The number of nitrogen functional groups attached to an aromatic ring is 1. The summed E-state index contributed by atoms with van der Waals surface area (Å²) in [6.07, 6.45) is 3.19. The van der Waals surface area contributed by atoms with Crippen molar-refractivity contribution in [2.45, 2.75) is 33.1 Å². The number of halogens is 1. The smallest absolute Gasteiger partial charge is 0.254 e. The average Bonchev–Trinajstić information content (AvgIpc) is 2.62. The standard InChI is InChI=1S/C16H23FN2O/c1-11(2)12-4-3-6-19(7-5-12)16(20)13-8-14(17)10-15(18)9-13/h8-12H,3-7,18H2,1-2H3. The highest BCUT2D eigenvalue weighted by Crippen LogP contribution is 2.25. The van der Waals surface area contributed by atoms with E-state index in [9.17, 15) is 9.18 Å². The molecular weight excluding hydrogens is 255 g/mol. The van der Waals surface area contributed by atoms with Crippen molar-refractivity contribution in [3.05, 3.63) is 29.6 Å². The highest BCUT2D eigenvalue weighted by atomic mass is 19.1. The monoisotopic (exact) mass is 278 g/mol. The molecule has 1 aliphatic heterocycles. The van der Waals surface area contributed by atoms with Crippen LogP contribution in [-0.4, -0.2) is 23.9 Å². The summed E-state index contributed by atoms with van der Waals surface area (Å²) < 4.78 is 13.4. The summed E-state index contributed by atoms with van der Waals surface area (Å²) in [5.74, 6) is 0.754. The Balaban J connectivity index is 2.09. The Kier molecular flexibility index (Phi) is 4.63. The van der Waals surface area contributed by atoms with Gasteiger partial charge in [0.05, 0.1) is 0 Å². The molecular formula is C16H23FN2O. The maximum absolute atomic E-state index is 13.4. The number of nitrogens with zero attached hydrogens (tertiary/aromatic N) is 1. The highest BCUT2D eigenvalue weighted by molar-refractivity contribution is 5.95. The molecule has 1 aromatic rings. The fraction of sp³-hybridized carbons (Fsp3) is 0.562. The summed E-state index contributed by atoms with van der Waals surface area (Å²) in [5, 5.41) is 0. The third-order valence-electron chi connectivity index (χ3n) is 4.17. The molecule has 1 aromatic carbocycles. The minimum absolute atomic E-state index is 0.111. The molecule has 0 radical (unpaired) electrons. The van der Waals surface area contributed by atoms with Crippen LogP contribution in [0.25, 0.3) is 0 Å². The molecule has 0 bridgehead atoms. The zero-order chi connectivity index (χ0) is 14.7. The van der Waals surface area contributed by atoms with Crippen LogP contribution in [0, 0.1) is 17.7 Å². The number of likely N-dealkylation sites (tertiary alicyclic amines) is 1. The van der Waals surface area contributed by atoms with Crippen molar-refractivity contribution in [3.8, 4) is 0 Å². The van der Waals surface area contributed by atoms with Gasteiger partial charge in [-0.1, -0.05) is 13.8 Å². The van der Waals surface area contributed by atoms with Gasteiger partial charge in [-0.3, -0.25) is 4.79 Å². The molecule has 1 amide bonds. The number of carbonyl (C=O) groups is 1. The van der Waals surface area contributed by atoms with E-state index in [0.29, 0.717) is 23.1 Å². The van der Waals surface area contributed by atoms with Gasteiger partial charge in [-0.05, 0) is 49.3 Å². The Labute approximate surface area is 120 Å². The number of amides is 1. The van der Waals surface area contributed by atoms with Crippen molar-refractivity contribution in [2.24, 2.45) is 11.8 Å². The lowest BCUT2D eigenvalue weighted by atomic mass is 9.89. The van der Waals surface area contributed by atoms with Gasteiger partial charge in [0, 0.05) is 24.3 Å². The molecule has 4 heteroatoms. The molecule has 20 heavy (non-hydrogen) atoms. The van der Waals surface area contributed by atoms with Crippen LogP contribution in [0.1, 0.15) is 43.5 Å². The quantitative estimate of drug-likeness (QED) is 0.844. The molecule has 0 saturated carbocycles. The minimum atomic E-state index is -0.455. The predicted molar refractivity (Wildman–Crippen MR) is 78.9 cm³/mol. The number of benzene rings is 1. The van der Waals surface area contributed by atoms with E-state index in [1.54, 1.807) is 6.07 Å².